The van der Waals surface area contributed by atoms with E-state index in [-0.39, 0.29) is 5.91 Å². The van der Waals surface area contributed by atoms with Crippen molar-refractivity contribution in [1.29, 1.82) is 0 Å². The topological polar surface area (TPSA) is 58.5 Å². The average Bonchev–Trinajstić information content (AvgIpc) is 2.81. The number of hydrogen-bond acceptors (Lipinski definition) is 6. The van der Waals surface area contributed by atoms with Gasteiger partial charge in [-0.2, -0.15) is 10.1 Å². The molecule has 1 aliphatic heterocycles. The second kappa shape index (κ2) is 6.59. The molecule has 7 heteroatoms. The molecule has 0 bridgehead atoms. The molecule has 2 aromatic rings. The fraction of sp³-hybridized carbons (Fsp3) is 0. The molecule has 108 valence electrons. The number of carbonyl (C=O) groups excluding carboxylic acids is 1. The van der Waals surface area contributed by atoms with E-state index in [1.807, 2.05) is 18.2 Å². The molecule has 0 aromatic carbocycles. The van der Waals surface area contributed by atoms with Crippen molar-refractivity contribution in [2.24, 2.45) is 5.10 Å². The molecule has 5 nitrogen and oxygen atoms in total. The Morgan fingerprint density at radius 2 is 1.82 bits per heavy atom. The van der Waals surface area contributed by atoms with Crippen LogP contribution in [0.15, 0.2) is 59.1 Å². The minimum absolute atomic E-state index is 0.237. The van der Waals surface area contributed by atoms with Gasteiger partial charge in [0, 0.05) is 30.4 Å². The first-order valence-electron chi connectivity index (χ1n) is 6.36. The standard InChI is InChI=1S/C15H10N4OS2/c20-14-13(7-11-3-1-5-16-8-11)22-15(21)19(14)18-10-12-4-2-6-17-9-12/h1-10H/b13-7-,18-10+. The van der Waals surface area contributed by atoms with Crippen LogP contribution in [-0.2, 0) is 4.79 Å². The molecule has 0 N–H and O–H groups in total. The molecular formula is C15H10N4OS2. The van der Waals surface area contributed by atoms with Crippen LogP contribution >= 0.6 is 24.0 Å². The van der Waals surface area contributed by atoms with Crippen molar-refractivity contribution in [3.8, 4) is 0 Å². The third-order valence-electron chi connectivity index (χ3n) is 2.76. The first kappa shape index (κ1) is 14.6. The summed E-state index contributed by atoms with van der Waals surface area (Å²) < 4.78 is 0.403. The van der Waals surface area contributed by atoms with Gasteiger partial charge < -0.3 is 0 Å². The Bertz CT molecular complexity index is 760. The molecule has 0 atom stereocenters. The Morgan fingerprint density at radius 1 is 1.14 bits per heavy atom. The van der Waals surface area contributed by atoms with Crippen LogP contribution < -0.4 is 0 Å². The van der Waals surface area contributed by atoms with Crippen LogP contribution in [0, 0.1) is 0 Å². The SMILES string of the molecule is O=C1/C(=C/c2cccnc2)SC(=S)N1/N=C/c1cccnc1. The van der Waals surface area contributed by atoms with Crippen LogP contribution in [0.2, 0.25) is 0 Å². The minimum atomic E-state index is -0.237. The summed E-state index contributed by atoms with van der Waals surface area (Å²) in [5.74, 6) is -0.237. The van der Waals surface area contributed by atoms with E-state index in [1.165, 1.54) is 16.8 Å². The molecule has 22 heavy (non-hydrogen) atoms. The summed E-state index contributed by atoms with van der Waals surface area (Å²) in [5, 5.41) is 5.37. The zero-order valence-electron chi connectivity index (χ0n) is 11.3. The summed E-state index contributed by atoms with van der Waals surface area (Å²) in [7, 11) is 0. The van der Waals surface area contributed by atoms with Crippen LogP contribution in [0.25, 0.3) is 6.08 Å². The van der Waals surface area contributed by atoms with Crippen molar-refractivity contribution >= 4 is 46.5 Å². The Morgan fingerprint density at radius 3 is 2.45 bits per heavy atom. The number of amides is 1. The number of hydrogen-bond donors (Lipinski definition) is 0. The Kier molecular flexibility index (Phi) is 4.36. The zero-order chi connectivity index (χ0) is 15.4. The summed E-state index contributed by atoms with van der Waals surface area (Å²) in [6, 6.07) is 7.33. The molecule has 3 rings (SSSR count). The molecule has 0 spiro atoms. The number of rotatable bonds is 3. The van der Waals surface area contributed by atoms with Crippen LogP contribution in [0.1, 0.15) is 11.1 Å². The molecule has 1 fully saturated rings. The molecule has 0 saturated carbocycles. The van der Waals surface area contributed by atoms with Crippen LogP contribution in [0.3, 0.4) is 0 Å². The smallest absolute Gasteiger partial charge is 0.266 e. The van der Waals surface area contributed by atoms with Gasteiger partial charge >= 0.3 is 0 Å². The largest absolute Gasteiger partial charge is 0.286 e. The minimum Gasteiger partial charge on any atom is -0.266 e. The Hall–Kier alpha value is -2.38. The lowest BCUT2D eigenvalue weighted by Crippen LogP contribution is -2.22. The highest BCUT2D eigenvalue weighted by atomic mass is 32.2. The second-order valence-corrected chi connectivity index (χ2v) is 5.99. The quantitative estimate of drug-likeness (QED) is 0.493. The third kappa shape index (κ3) is 3.26. The highest BCUT2D eigenvalue weighted by molar-refractivity contribution is 8.26. The lowest BCUT2D eigenvalue weighted by atomic mass is 10.2. The number of thiocarbonyl (C=S) groups is 1. The van der Waals surface area contributed by atoms with Crippen molar-refractivity contribution in [2.75, 3.05) is 0 Å². The predicted molar refractivity (Wildman–Crippen MR) is 91.1 cm³/mol. The number of thioether (sulfide) groups is 1. The molecule has 0 aliphatic carbocycles. The fourth-order valence-corrected chi connectivity index (χ4v) is 2.92. The van der Waals surface area contributed by atoms with Gasteiger partial charge in [0.1, 0.15) is 0 Å². The van der Waals surface area contributed by atoms with Crippen LogP contribution in [-0.4, -0.2) is 31.4 Å². The van der Waals surface area contributed by atoms with E-state index in [2.05, 4.69) is 15.1 Å². The molecular weight excluding hydrogens is 316 g/mol. The van der Waals surface area contributed by atoms with E-state index in [9.17, 15) is 4.79 Å². The van der Waals surface area contributed by atoms with Crippen molar-refractivity contribution in [3.63, 3.8) is 0 Å². The maximum Gasteiger partial charge on any atom is 0.286 e. The third-order valence-corrected chi connectivity index (χ3v) is 4.05. The van der Waals surface area contributed by atoms with Gasteiger partial charge in [-0.1, -0.05) is 23.9 Å². The van der Waals surface area contributed by atoms with Crippen molar-refractivity contribution < 1.29 is 4.79 Å². The van der Waals surface area contributed by atoms with E-state index in [0.29, 0.717) is 9.23 Å². The molecule has 3 heterocycles. The number of hydrazone groups is 1. The molecule has 0 unspecified atom stereocenters. The van der Waals surface area contributed by atoms with Gasteiger partial charge in [0.25, 0.3) is 5.91 Å². The van der Waals surface area contributed by atoms with Crippen LogP contribution in [0.5, 0.6) is 0 Å². The lowest BCUT2D eigenvalue weighted by Gasteiger charge is -2.05. The molecule has 0 radical (unpaired) electrons. The van der Waals surface area contributed by atoms with E-state index < -0.39 is 0 Å². The molecule has 1 aliphatic rings. The van der Waals surface area contributed by atoms with E-state index >= 15 is 0 Å². The molecule has 1 saturated heterocycles. The van der Waals surface area contributed by atoms with E-state index in [0.717, 1.165) is 11.1 Å². The van der Waals surface area contributed by atoms with Gasteiger partial charge in [0.05, 0.1) is 11.1 Å². The normalized spacial score (nSPS) is 16.9. The summed E-state index contributed by atoms with van der Waals surface area (Å²) in [6.45, 7) is 0. The van der Waals surface area contributed by atoms with Gasteiger partial charge in [0.2, 0.25) is 0 Å². The summed E-state index contributed by atoms with van der Waals surface area (Å²) in [5.41, 5.74) is 1.65. The highest BCUT2D eigenvalue weighted by Crippen LogP contribution is 2.32. The zero-order valence-corrected chi connectivity index (χ0v) is 12.9. The Balaban J connectivity index is 1.80. The average molecular weight is 326 g/mol. The summed E-state index contributed by atoms with van der Waals surface area (Å²) in [6.07, 6.45) is 10.0. The van der Waals surface area contributed by atoms with Crippen molar-refractivity contribution in [1.82, 2.24) is 15.0 Å². The maximum absolute atomic E-state index is 12.3. The lowest BCUT2D eigenvalue weighted by molar-refractivity contribution is -0.122. The highest BCUT2D eigenvalue weighted by Gasteiger charge is 2.31. The predicted octanol–water partition coefficient (Wildman–Crippen LogP) is 2.71. The second-order valence-electron chi connectivity index (χ2n) is 4.31. The number of nitrogens with zero attached hydrogens (tertiary/aromatic N) is 4. The number of aromatic nitrogens is 2. The molecule has 1 amide bonds. The van der Waals surface area contributed by atoms with Gasteiger partial charge in [0.15, 0.2) is 4.32 Å². The van der Waals surface area contributed by atoms with Gasteiger partial charge in [-0.3, -0.25) is 14.8 Å². The van der Waals surface area contributed by atoms with Gasteiger partial charge in [-0.05, 0) is 36.0 Å². The number of pyridine rings is 2. The summed E-state index contributed by atoms with van der Waals surface area (Å²) >= 11 is 6.43. The first-order chi connectivity index (χ1) is 10.7. The monoisotopic (exact) mass is 326 g/mol. The summed E-state index contributed by atoms with van der Waals surface area (Å²) in [4.78, 5) is 20.9. The Labute approximate surface area is 136 Å². The van der Waals surface area contributed by atoms with Gasteiger partial charge in [-0.25, -0.2) is 0 Å². The van der Waals surface area contributed by atoms with Crippen molar-refractivity contribution in [2.45, 2.75) is 0 Å². The number of carbonyl (C=O) groups is 1. The fourth-order valence-electron chi connectivity index (χ4n) is 1.75. The first-order valence-corrected chi connectivity index (χ1v) is 7.58. The van der Waals surface area contributed by atoms with E-state index in [1.54, 1.807) is 43.1 Å². The maximum atomic E-state index is 12.3. The van der Waals surface area contributed by atoms with E-state index in [4.69, 9.17) is 12.2 Å². The molecule has 2 aromatic heterocycles. The van der Waals surface area contributed by atoms with Gasteiger partial charge in [-0.15, -0.1) is 0 Å². The van der Waals surface area contributed by atoms with Crippen LogP contribution in [0.4, 0.5) is 0 Å². The van der Waals surface area contributed by atoms with Crippen molar-refractivity contribution in [3.05, 3.63) is 65.1 Å².